The van der Waals surface area contributed by atoms with Gasteiger partial charge in [0.05, 0.1) is 10.7 Å². The zero-order valence-electron chi connectivity index (χ0n) is 9.38. The predicted molar refractivity (Wildman–Crippen MR) is 67.8 cm³/mol. The Hall–Kier alpha value is -1.55. The molecule has 5 heteroatoms. The lowest BCUT2D eigenvalue weighted by molar-refractivity contribution is 0.860. The summed E-state index contributed by atoms with van der Waals surface area (Å²) in [7, 11) is 0. The van der Waals surface area contributed by atoms with E-state index in [0.29, 0.717) is 5.02 Å². The molecule has 0 saturated carbocycles. The lowest BCUT2D eigenvalue weighted by Crippen LogP contribution is -2.20. The van der Waals surface area contributed by atoms with Crippen molar-refractivity contribution in [3.8, 4) is 5.69 Å². The smallest absolute Gasteiger partial charge is 0.138 e. The van der Waals surface area contributed by atoms with Crippen LogP contribution >= 0.6 is 11.6 Å². The number of rotatable bonds is 2. The summed E-state index contributed by atoms with van der Waals surface area (Å²) in [6, 6.07) is 5.96. The molecule has 0 N–H and O–H groups in total. The van der Waals surface area contributed by atoms with E-state index in [1.165, 1.54) is 19.2 Å². The van der Waals surface area contributed by atoms with Crippen LogP contribution in [0, 0.1) is 0 Å². The Morgan fingerprint density at radius 1 is 1.18 bits per heavy atom. The fourth-order valence-electron chi connectivity index (χ4n) is 2.27. The highest BCUT2D eigenvalue weighted by atomic mass is 35.5. The van der Waals surface area contributed by atoms with E-state index in [9.17, 15) is 0 Å². The van der Waals surface area contributed by atoms with E-state index in [2.05, 4.69) is 21.0 Å². The fraction of sp³-hybridized carbons (Fsp3) is 0.333. The van der Waals surface area contributed by atoms with Gasteiger partial charge in [-0.3, -0.25) is 0 Å². The third kappa shape index (κ3) is 1.89. The first kappa shape index (κ1) is 10.6. The molecule has 3 rings (SSSR count). The van der Waals surface area contributed by atoms with Crippen LogP contribution in [0.15, 0.2) is 30.9 Å². The number of aromatic nitrogens is 3. The average molecular weight is 249 g/mol. The molecule has 2 aromatic rings. The summed E-state index contributed by atoms with van der Waals surface area (Å²) in [5.74, 6) is 0. The normalized spacial score (nSPS) is 15.5. The molecule has 1 saturated heterocycles. The molecule has 1 aromatic carbocycles. The monoisotopic (exact) mass is 248 g/mol. The van der Waals surface area contributed by atoms with E-state index in [0.717, 1.165) is 24.5 Å². The summed E-state index contributed by atoms with van der Waals surface area (Å²) in [5.41, 5.74) is 2.06. The molecule has 1 aliphatic rings. The standard InChI is InChI=1S/C12H13ClN4/c13-10-4-3-5-11(16-6-1-2-7-16)12(10)17-9-14-8-15-17/h3-5,8-9H,1-2,6-7H2. The topological polar surface area (TPSA) is 34.0 Å². The van der Waals surface area contributed by atoms with Crippen LogP contribution in [0.2, 0.25) is 5.02 Å². The highest BCUT2D eigenvalue weighted by Crippen LogP contribution is 2.32. The van der Waals surface area contributed by atoms with E-state index in [-0.39, 0.29) is 0 Å². The highest BCUT2D eigenvalue weighted by Gasteiger charge is 2.18. The van der Waals surface area contributed by atoms with Crippen LogP contribution < -0.4 is 4.90 Å². The van der Waals surface area contributed by atoms with Crippen molar-refractivity contribution in [1.82, 2.24) is 14.8 Å². The number of halogens is 1. The molecule has 0 unspecified atom stereocenters. The average Bonchev–Trinajstić information content (AvgIpc) is 3.02. The third-order valence-corrected chi connectivity index (χ3v) is 3.37. The van der Waals surface area contributed by atoms with Gasteiger partial charge in [0.25, 0.3) is 0 Å². The first-order valence-electron chi connectivity index (χ1n) is 5.75. The summed E-state index contributed by atoms with van der Waals surface area (Å²) in [6.45, 7) is 2.17. The zero-order valence-corrected chi connectivity index (χ0v) is 10.1. The fourth-order valence-corrected chi connectivity index (χ4v) is 2.52. The number of nitrogens with zero attached hydrogens (tertiary/aromatic N) is 4. The number of anilines is 1. The van der Waals surface area contributed by atoms with Gasteiger partial charge in [-0.1, -0.05) is 17.7 Å². The lowest BCUT2D eigenvalue weighted by atomic mass is 10.2. The van der Waals surface area contributed by atoms with Crippen LogP contribution in [0.1, 0.15) is 12.8 Å². The van der Waals surface area contributed by atoms with Crippen molar-refractivity contribution >= 4 is 17.3 Å². The quantitative estimate of drug-likeness (QED) is 0.819. The van der Waals surface area contributed by atoms with E-state index in [1.54, 1.807) is 11.0 Å². The van der Waals surface area contributed by atoms with Gasteiger partial charge in [0.1, 0.15) is 18.3 Å². The van der Waals surface area contributed by atoms with Crippen LogP contribution in [0.4, 0.5) is 5.69 Å². The minimum Gasteiger partial charge on any atom is -0.370 e. The largest absolute Gasteiger partial charge is 0.370 e. The Labute approximate surface area is 105 Å². The number of benzene rings is 1. The third-order valence-electron chi connectivity index (χ3n) is 3.06. The van der Waals surface area contributed by atoms with Crippen molar-refractivity contribution in [2.24, 2.45) is 0 Å². The second-order valence-electron chi connectivity index (χ2n) is 4.14. The van der Waals surface area contributed by atoms with Crippen LogP contribution in [0.25, 0.3) is 5.69 Å². The minimum absolute atomic E-state index is 0.708. The molecule has 0 spiro atoms. The lowest BCUT2D eigenvalue weighted by Gasteiger charge is -2.21. The summed E-state index contributed by atoms with van der Waals surface area (Å²) in [6.07, 6.45) is 5.69. The molecule has 1 aliphatic heterocycles. The predicted octanol–water partition coefficient (Wildman–Crippen LogP) is 2.52. The SMILES string of the molecule is Clc1cccc(N2CCCC2)c1-n1cncn1. The van der Waals surface area contributed by atoms with Crippen LogP contribution in [-0.2, 0) is 0 Å². The molecule has 88 valence electrons. The van der Waals surface area contributed by atoms with Crippen molar-refractivity contribution in [2.45, 2.75) is 12.8 Å². The molecule has 4 nitrogen and oxygen atoms in total. The molecule has 0 radical (unpaired) electrons. The van der Waals surface area contributed by atoms with Crippen LogP contribution in [-0.4, -0.2) is 27.9 Å². The van der Waals surface area contributed by atoms with Gasteiger partial charge in [0.15, 0.2) is 0 Å². The zero-order chi connectivity index (χ0) is 11.7. The first-order valence-corrected chi connectivity index (χ1v) is 6.12. The minimum atomic E-state index is 0.708. The molecule has 0 aliphatic carbocycles. The first-order chi connectivity index (χ1) is 8.36. The highest BCUT2D eigenvalue weighted by molar-refractivity contribution is 6.33. The summed E-state index contributed by atoms with van der Waals surface area (Å²) in [4.78, 5) is 6.33. The van der Waals surface area contributed by atoms with Crippen molar-refractivity contribution in [3.63, 3.8) is 0 Å². The summed E-state index contributed by atoms with van der Waals surface area (Å²) < 4.78 is 1.73. The molecule has 1 aromatic heterocycles. The molecular weight excluding hydrogens is 236 g/mol. The number of para-hydroxylation sites is 1. The number of hydrogen-bond acceptors (Lipinski definition) is 3. The maximum absolute atomic E-state index is 6.28. The van der Waals surface area contributed by atoms with Crippen molar-refractivity contribution in [1.29, 1.82) is 0 Å². The Morgan fingerprint density at radius 2 is 2.00 bits per heavy atom. The Kier molecular flexibility index (Phi) is 2.73. The Morgan fingerprint density at radius 3 is 2.71 bits per heavy atom. The second kappa shape index (κ2) is 4.37. The van der Waals surface area contributed by atoms with Crippen LogP contribution in [0.3, 0.4) is 0 Å². The maximum Gasteiger partial charge on any atom is 0.138 e. The van der Waals surface area contributed by atoms with Crippen LogP contribution in [0.5, 0.6) is 0 Å². The van der Waals surface area contributed by atoms with E-state index < -0.39 is 0 Å². The van der Waals surface area contributed by atoms with Gasteiger partial charge in [-0.2, -0.15) is 5.10 Å². The summed E-state index contributed by atoms with van der Waals surface area (Å²) in [5, 5.41) is 4.88. The molecule has 17 heavy (non-hydrogen) atoms. The second-order valence-corrected chi connectivity index (χ2v) is 4.55. The van der Waals surface area contributed by atoms with E-state index in [1.807, 2.05) is 12.1 Å². The van der Waals surface area contributed by atoms with Gasteiger partial charge >= 0.3 is 0 Å². The Bertz CT molecular complexity index is 503. The molecular formula is C12H13ClN4. The van der Waals surface area contributed by atoms with Gasteiger partial charge in [-0.25, -0.2) is 9.67 Å². The van der Waals surface area contributed by atoms with E-state index >= 15 is 0 Å². The van der Waals surface area contributed by atoms with E-state index in [4.69, 9.17) is 11.6 Å². The van der Waals surface area contributed by atoms with Gasteiger partial charge in [-0.05, 0) is 25.0 Å². The summed E-state index contributed by atoms with van der Waals surface area (Å²) >= 11 is 6.28. The van der Waals surface area contributed by atoms with Crippen molar-refractivity contribution < 1.29 is 0 Å². The number of hydrogen-bond donors (Lipinski definition) is 0. The van der Waals surface area contributed by atoms with Crippen molar-refractivity contribution in [2.75, 3.05) is 18.0 Å². The van der Waals surface area contributed by atoms with Gasteiger partial charge in [0.2, 0.25) is 0 Å². The molecule has 0 bridgehead atoms. The van der Waals surface area contributed by atoms with Gasteiger partial charge < -0.3 is 4.90 Å². The van der Waals surface area contributed by atoms with Crippen molar-refractivity contribution in [3.05, 3.63) is 35.9 Å². The van der Waals surface area contributed by atoms with Gasteiger partial charge in [0, 0.05) is 13.1 Å². The maximum atomic E-state index is 6.28. The molecule has 0 amide bonds. The molecule has 1 fully saturated rings. The van der Waals surface area contributed by atoms with Gasteiger partial charge in [-0.15, -0.1) is 0 Å². The molecule has 2 heterocycles. The Balaban J connectivity index is 2.11. The molecule has 0 atom stereocenters.